The van der Waals surface area contributed by atoms with Crippen molar-refractivity contribution in [3.63, 3.8) is 0 Å². The van der Waals surface area contributed by atoms with Gasteiger partial charge >= 0.3 is 0 Å². The predicted molar refractivity (Wildman–Crippen MR) is 95.7 cm³/mol. The number of aliphatic hydroxyl groups is 4. The average Bonchev–Trinajstić information content (AvgIpc) is 2.80. The van der Waals surface area contributed by atoms with Crippen LogP contribution < -0.4 is 0 Å². The number of hydrogen-bond acceptors (Lipinski definition) is 4. The zero-order valence-corrected chi connectivity index (χ0v) is 15.8. The van der Waals surface area contributed by atoms with Crippen LogP contribution in [-0.2, 0) is 0 Å². The van der Waals surface area contributed by atoms with E-state index in [1.54, 1.807) is 6.92 Å². The molecule has 0 heterocycles. The van der Waals surface area contributed by atoms with Gasteiger partial charge in [-0.1, -0.05) is 25.5 Å². The number of rotatable bonds is 1. The lowest BCUT2D eigenvalue weighted by Crippen LogP contribution is -2.62. The molecule has 0 spiro atoms. The van der Waals surface area contributed by atoms with Crippen molar-refractivity contribution < 1.29 is 20.4 Å². The maximum Gasteiger partial charge on any atom is 0.0959 e. The predicted octanol–water partition coefficient (Wildman–Crippen LogP) is 2.39. The molecule has 3 fully saturated rings. The van der Waals surface area contributed by atoms with E-state index in [4.69, 9.17) is 0 Å². The molecule has 25 heavy (non-hydrogen) atoms. The Morgan fingerprint density at radius 1 is 1.16 bits per heavy atom. The van der Waals surface area contributed by atoms with Crippen LogP contribution in [-0.4, -0.2) is 44.3 Å². The van der Waals surface area contributed by atoms with Gasteiger partial charge in [0.2, 0.25) is 0 Å². The minimum absolute atomic E-state index is 0.0333. The first-order valence-corrected chi connectivity index (χ1v) is 10.1. The van der Waals surface area contributed by atoms with Crippen LogP contribution in [0.2, 0.25) is 0 Å². The van der Waals surface area contributed by atoms with Crippen molar-refractivity contribution in [3.8, 4) is 0 Å². The van der Waals surface area contributed by atoms with E-state index in [9.17, 15) is 20.4 Å². The highest BCUT2D eigenvalue weighted by Gasteiger charge is 2.67. The monoisotopic (exact) mass is 350 g/mol. The van der Waals surface area contributed by atoms with Crippen molar-refractivity contribution in [2.24, 2.45) is 28.6 Å². The Labute approximate surface area is 151 Å². The van der Waals surface area contributed by atoms with Crippen molar-refractivity contribution in [2.45, 2.75) is 89.6 Å². The molecule has 0 unspecified atom stereocenters. The smallest absolute Gasteiger partial charge is 0.0959 e. The van der Waals surface area contributed by atoms with Gasteiger partial charge in [-0.05, 0) is 75.0 Å². The Balaban J connectivity index is 1.73. The molecule has 0 radical (unpaired) electrons. The summed E-state index contributed by atoms with van der Waals surface area (Å²) in [5.74, 6) is 0.891. The Kier molecular flexibility index (Phi) is 3.98. The second-order valence-corrected chi connectivity index (χ2v) is 9.90. The molecule has 9 atom stereocenters. The van der Waals surface area contributed by atoms with Gasteiger partial charge in [-0.25, -0.2) is 0 Å². The first-order valence-electron chi connectivity index (χ1n) is 10.1. The maximum absolute atomic E-state index is 11.3. The molecule has 3 saturated carbocycles. The zero-order chi connectivity index (χ0) is 18.2. The summed E-state index contributed by atoms with van der Waals surface area (Å²) in [5.41, 5.74) is -0.234. The van der Waals surface area contributed by atoms with E-state index in [-0.39, 0.29) is 17.4 Å². The van der Waals surface area contributed by atoms with Gasteiger partial charge in [0.1, 0.15) is 0 Å². The van der Waals surface area contributed by atoms with Crippen molar-refractivity contribution >= 4 is 0 Å². The molecule has 4 rings (SSSR count). The lowest BCUT2D eigenvalue weighted by atomic mass is 9.46. The topological polar surface area (TPSA) is 80.9 Å². The van der Waals surface area contributed by atoms with Crippen LogP contribution >= 0.6 is 0 Å². The molecule has 0 bridgehead atoms. The molecule has 0 saturated heterocycles. The third-order valence-electron chi connectivity index (χ3n) is 8.92. The highest BCUT2D eigenvalue weighted by molar-refractivity contribution is 5.27. The Hall–Kier alpha value is -0.420. The van der Waals surface area contributed by atoms with Crippen LogP contribution in [0.15, 0.2) is 11.6 Å². The normalized spacial score (nSPS) is 56.4. The van der Waals surface area contributed by atoms with E-state index in [1.165, 1.54) is 5.57 Å². The Morgan fingerprint density at radius 2 is 1.88 bits per heavy atom. The number of hydrogen-bond donors (Lipinski definition) is 4. The van der Waals surface area contributed by atoms with E-state index in [2.05, 4.69) is 19.9 Å². The van der Waals surface area contributed by atoms with Crippen LogP contribution in [0.4, 0.5) is 0 Å². The van der Waals surface area contributed by atoms with Gasteiger partial charge < -0.3 is 20.4 Å². The fourth-order valence-corrected chi connectivity index (χ4v) is 7.50. The van der Waals surface area contributed by atoms with Gasteiger partial charge in [-0.3, -0.25) is 0 Å². The molecule has 4 nitrogen and oxygen atoms in total. The molecule has 142 valence electrons. The quantitative estimate of drug-likeness (QED) is 0.548. The van der Waals surface area contributed by atoms with Gasteiger partial charge in [0, 0.05) is 5.41 Å². The SMILES string of the molecule is C[C@@H](O)[C@@]1(O)CC[C@H]2[C@@H]3CC=C4C[C@@H](O)CC[C@]4(C)[C@H]3[C@@H](O)C[C@@]21C. The molecule has 0 aromatic rings. The number of allylic oxidation sites excluding steroid dienone is 1. The minimum atomic E-state index is -1.10. The van der Waals surface area contributed by atoms with Crippen LogP contribution in [0.3, 0.4) is 0 Å². The van der Waals surface area contributed by atoms with Gasteiger partial charge in [0.15, 0.2) is 0 Å². The van der Waals surface area contributed by atoms with E-state index >= 15 is 0 Å². The first-order chi connectivity index (χ1) is 11.6. The summed E-state index contributed by atoms with van der Waals surface area (Å²) in [5, 5.41) is 42.8. The minimum Gasteiger partial charge on any atom is -0.393 e. The fourth-order valence-electron chi connectivity index (χ4n) is 7.50. The number of fused-ring (bicyclic) bond motifs is 5. The van der Waals surface area contributed by atoms with E-state index in [0.717, 1.165) is 32.1 Å². The summed E-state index contributed by atoms with van der Waals surface area (Å²) in [4.78, 5) is 0. The van der Waals surface area contributed by atoms with Gasteiger partial charge in [-0.2, -0.15) is 0 Å². The molecule has 0 aliphatic heterocycles. The molecular weight excluding hydrogens is 316 g/mol. The molecular formula is C21H34O4. The molecule has 0 aromatic carbocycles. The maximum atomic E-state index is 11.3. The second kappa shape index (κ2) is 5.54. The van der Waals surface area contributed by atoms with E-state index < -0.39 is 23.2 Å². The van der Waals surface area contributed by atoms with Gasteiger partial charge in [-0.15, -0.1) is 0 Å². The summed E-state index contributed by atoms with van der Waals surface area (Å²) in [7, 11) is 0. The molecule has 4 heteroatoms. The van der Waals surface area contributed by atoms with Crippen LogP contribution in [0.25, 0.3) is 0 Å². The lowest BCUT2D eigenvalue weighted by molar-refractivity contribution is -0.197. The first kappa shape index (κ1) is 18.0. The molecule has 0 aromatic heterocycles. The van der Waals surface area contributed by atoms with Gasteiger partial charge in [0.05, 0.1) is 23.9 Å². The van der Waals surface area contributed by atoms with Crippen molar-refractivity contribution in [3.05, 3.63) is 11.6 Å². The molecule has 4 N–H and O–H groups in total. The third-order valence-corrected chi connectivity index (χ3v) is 8.92. The third kappa shape index (κ3) is 2.20. The molecule has 0 amide bonds. The summed E-state index contributed by atoms with van der Waals surface area (Å²) in [6.45, 7) is 6.06. The van der Waals surface area contributed by atoms with Crippen molar-refractivity contribution in [1.29, 1.82) is 0 Å². The van der Waals surface area contributed by atoms with Crippen molar-refractivity contribution in [1.82, 2.24) is 0 Å². The summed E-state index contributed by atoms with van der Waals surface area (Å²) < 4.78 is 0. The van der Waals surface area contributed by atoms with Gasteiger partial charge in [0.25, 0.3) is 0 Å². The van der Waals surface area contributed by atoms with Crippen LogP contribution in [0.1, 0.15) is 65.7 Å². The lowest BCUT2D eigenvalue weighted by Gasteiger charge is -2.60. The summed E-state index contributed by atoms with van der Waals surface area (Å²) in [6, 6.07) is 0. The standard InChI is InChI=1S/C21H34O4/c1-12(22)21(25)9-7-16-15-5-4-13-10-14(23)6-8-19(13,2)18(15)17(24)11-20(16,21)3/h4,12,14-18,22-25H,5-11H2,1-3H3/t12-,14+,15+,16+,17+,18-,19+,20+,21+/m1/s1. The highest BCUT2D eigenvalue weighted by atomic mass is 16.3. The zero-order valence-electron chi connectivity index (χ0n) is 15.8. The Morgan fingerprint density at radius 3 is 2.56 bits per heavy atom. The van der Waals surface area contributed by atoms with E-state index in [1.807, 2.05) is 0 Å². The van der Waals surface area contributed by atoms with Crippen LogP contribution in [0.5, 0.6) is 0 Å². The largest absolute Gasteiger partial charge is 0.393 e. The second-order valence-electron chi connectivity index (χ2n) is 9.90. The highest BCUT2D eigenvalue weighted by Crippen LogP contribution is 2.67. The van der Waals surface area contributed by atoms with Crippen molar-refractivity contribution in [2.75, 3.05) is 0 Å². The Bertz CT molecular complexity index is 586. The van der Waals surface area contributed by atoms with Crippen LogP contribution in [0, 0.1) is 28.6 Å². The average molecular weight is 350 g/mol. The summed E-state index contributed by atoms with van der Waals surface area (Å²) in [6.07, 6.45) is 6.36. The molecule has 4 aliphatic rings. The molecule has 4 aliphatic carbocycles. The fraction of sp³-hybridized carbons (Fsp3) is 0.905. The van der Waals surface area contributed by atoms with E-state index in [0.29, 0.717) is 24.7 Å². The number of aliphatic hydroxyl groups excluding tert-OH is 3. The summed E-state index contributed by atoms with van der Waals surface area (Å²) >= 11 is 0.